The number of carbonyl (C=O) groups is 1. The van der Waals surface area contributed by atoms with Crippen LogP contribution in [-0.4, -0.2) is 35.6 Å². The van der Waals surface area contributed by atoms with Gasteiger partial charge < -0.3 is 10.0 Å². The minimum atomic E-state index is -0.869. The van der Waals surface area contributed by atoms with Crippen LogP contribution in [0.5, 0.6) is 0 Å². The van der Waals surface area contributed by atoms with Gasteiger partial charge in [0.05, 0.1) is 5.56 Å². The summed E-state index contributed by atoms with van der Waals surface area (Å²) in [6, 6.07) is 7.11. The lowest BCUT2D eigenvalue weighted by atomic mass is 9.99. The molecule has 1 aliphatic heterocycles. The summed E-state index contributed by atoms with van der Waals surface area (Å²) in [5.74, 6) is -0.143. The van der Waals surface area contributed by atoms with E-state index < -0.39 is 5.97 Å². The smallest absolute Gasteiger partial charge is 0.335 e. The van der Waals surface area contributed by atoms with Crippen LogP contribution in [0, 0.1) is 5.92 Å². The predicted molar refractivity (Wildman–Crippen MR) is 81.9 cm³/mol. The molecule has 0 atom stereocenters. The summed E-state index contributed by atoms with van der Waals surface area (Å²) in [6.45, 7) is 7.97. The van der Waals surface area contributed by atoms with E-state index in [4.69, 9.17) is 5.11 Å². The van der Waals surface area contributed by atoms with E-state index in [0.717, 1.165) is 37.4 Å². The Kier molecular flexibility index (Phi) is 4.96. The summed E-state index contributed by atoms with van der Waals surface area (Å²) in [5.41, 5.74) is 2.91. The maximum atomic E-state index is 10.8. The second kappa shape index (κ2) is 6.71. The second-order valence-corrected chi connectivity index (χ2v) is 5.92. The molecule has 0 saturated carbocycles. The van der Waals surface area contributed by atoms with Crippen molar-refractivity contribution >= 4 is 12.0 Å². The molecule has 1 N–H and O–H groups in total. The molecule has 1 saturated heterocycles. The Morgan fingerprint density at radius 1 is 1.25 bits per heavy atom. The average Bonchev–Trinajstić information content (AvgIpc) is 2.41. The average molecular weight is 273 g/mol. The lowest BCUT2D eigenvalue weighted by molar-refractivity contribution is 0.0697. The van der Waals surface area contributed by atoms with E-state index in [9.17, 15) is 4.79 Å². The van der Waals surface area contributed by atoms with Gasteiger partial charge in [-0.1, -0.05) is 37.6 Å². The van der Waals surface area contributed by atoms with Crippen LogP contribution in [0.4, 0.5) is 0 Å². The standard InChI is InChI=1S/C17H23NO2/c1-13(2)12-18-9-7-15(8-10-18)11-14-3-5-16(6-4-14)17(19)20/h3-6,11,13H,7-10,12H2,1-2H3,(H,19,20). The number of piperidine rings is 1. The number of benzene rings is 1. The van der Waals surface area contributed by atoms with Crippen LogP contribution >= 0.6 is 0 Å². The minimum absolute atomic E-state index is 0.346. The molecule has 108 valence electrons. The van der Waals surface area contributed by atoms with Crippen molar-refractivity contribution in [2.24, 2.45) is 5.92 Å². The fourth-order valence-corrected chi connectivity index (χ4v) is 2.64. The van der Waals surface area contributed by atoms with Crippen molar-refractivity contribution < 1.29 is 9.90 Å². The van der Waals surface area contributed by atoms with E-state index in [-0.39, 0.29) is 0 Å². The van der Waals surface area contributed by atoms with Gasteiger partial charge in [0, 0.05) is 19.6 Å². The first kappa shape index (κ1) is 14.8. The van der Waals surface area contributed by atoms with Crippen molar-refractivity contribution in [3.8, 4) is 0 Å². The maximum Gasteiger partial charge on any atom is 0.335 e. The van der Waals surface area contributed by atoms with Crippen LogP contribution in [0.3, 0.4) is 0 Å². The molecule has 0 unspecified atom stereocenters. The zero-order valence-electron chi connectivity index (χ0n) is 12.3. The molecule has 3 heteroatoms. The predicted octanol–water partition coefficient (Wildman–Crippen LogP) is 3.52. The largest absolute Gasteiger partial charge is 0.478 e. The van der Waals surface area contributed by atoms with E-state index in [1.54, 1.807) is 12.1 Å². The van der Waals surface area contributed by atoms with Crippen molar-refractivity contribution in [1.29, 1.82) is 0 Å². The summed E-state index contributed by atoms with van der Waals surface area (Å²) in [5, 5.41) is 8.88. The molecular formula is C17H23NO2. The highest BCUT2D eigenvalue weighted by molar-refractivity contribution is 5.87. The fourth-order valence-electron chi connectivity index (χ4n) is 2.64. The Labute approximate surface area is 120 Å². The molecule has 0 bridgehead atoms. The summed E-state index contributed by atoms with van der Waals surface area (Å²) in [4.78, 5) is 13.3. The van der Waals surface area contributed by atoms with E-state index in [1.165, 1.54) is 12.1 Å². The Balaban J connectivity index is 1.94. The van der Waals surface area contributed by atoms with Gasteiger partial charge in [0.25, 0.3) is 0 Å². The number of rotatable bonds is 4. The highest BCUT2D eigenvalue weighted by Gasteiger charge is 2.14. The van der Waals surface area contributed by atoms with Crippen LogP contribution < -0.4 is 0 Å². The third kappa shape index (κ3) is 4.20. The monoisotopic (exact) mass is 273 g/mol. The molecule has 1 aromatic rings. The first-order valence-electron chi connectivity index (χ1n) is 7.30. The van der Waals surface area contributed by atoms with E-state index in [1.807, 2.05) is 12.1 Å². The summed E-state index contributed by atoms with van der Waals surface area (Å²) in [7, 11) is 0. The summed E-state index contributed by atoms with van der Waals surface area (Å²) >= 11 is 0. The molecule has 0 radical (unpaired) electrons. The third-order valence-corrected chi connectivity index (χ3v) is 3.65. The van der Waals surface area contributed by atoms with E-state index in [0.29, 0.717) is 5.56 Å². The van der Waals surface area contributed by atoms with Crippen LogP contribution in [0.1, 0.15) is 42.6 Å². The first-order valence-corrected chi connectivity index (χ1v) is 7.30. The van der Waals surface area contributed by atoms with E-state index >= 15 is 0 Å². The minimum Gasteiger partial charge on any atom is -0.478 e. The molecular weight excluding hydrogens is 250 g/mol. The Morgan fingerprint density at radius 2 is 1.85 bits per heavy atom. The molecule has 20 heavy (non-hydrogen) atoms. The lowest BCUT2D eigenvalue weighted by Gasteiger charge is -2.29. The molecule has 0 aliphatic carbocycles. The van der Waals surface area contributed by atoms with Gasteiger partial charge in [-0.05, 0) is 36.5 Å². The van der Waals surface area contributed by atoms with Gasteiger partial charge in [-0.25, -0.2) is 4.79 Å². The van der Waals surface area contributed by atoms with Crippen molar-refractivity contribution in [1.82, 2.24) is 4.90 Å². The van der Waals surface area contributed by atoms with Crippen molar-refractivity contribution in [3.05, 3.63) is 41.0 Å². The number of hydrogen-bond acceptors (Lipinski definition) is 2. The van der Waals surface area contributed by atoms with Gasteiger partial charge in [0.15, 0.2) is 0 Å². The molecule has 1 fully saturated rings. The topological polar surface area (TPSA) is 40.5 Å². The van der Waals surface area contributed by atoms with Gasteiger partial charge in [0.2, 0.25) is 0 Å². The normalized spacial score (nSPS) is 16.4. The maximum absolute atomic E-state index is 10.8. The summed E-state index contributed by atoms with van der Waals surface area (Å²) < 4.78 is 0. The molecule has 0 amide bonds. The molecule has 1 aromatic carbocycles. The van der Waals surface area contributed by atoms with Gasteiger partial charge in [-0.3, -0.25) is 0 Å². The molecule has 0 aromatic heterocycles. The quantitative estimate of drug-likeness (QED) is 0.912. The molecule has 0 spiro atoms. The molecule has 2 rings (SSSR count). The van der Waals surface area contributed by atoms with Crippen LogP contribution in [-0.2, 0) is 0 Å². The number of carboxylic acids is 1. The van der Waals surface area contributed by atoms with Gasteiger partial charge in [-0.15, -0.1) is 0 Å². The zero-order chi connectivity index (χ0) is 14.5. The highest BCUT2D eigenvalue weighted by Crippen LogP contribution is 2.20. The van der Waals surface area contributed by atoms with Crippen LogP contribution in [0.15, 0.2) is 29.8 Å². The van der Waals surface area contributed by atoms with Gasteiger partial charge in [0.1, 0.15) is 0 Å². The first-order chi connectivity index (χ1) is 9.54. The number of nitrogens with zero attached hydrogens (tertiary/aromatic N) is 1. The molecule has 1 heterocycles. The SMILES string of the molecule is CC(C)CN1CCC(=Cc2ccc(C(=O)O)cc2)CC1. The highest BCUT2D eigenvalue weighted by atomic mass is 16.4. The number of carboxylic acid groups (broad SMARTS) is 1. The van der Waals surface area contributed by atoms with Gasteiger partial charge in [-0.2, -0.15) is 0 Å². The summed E-state index contributed by atoms with van der Waals surface area (Å²) in [6.07, 6.45) is 4.44. The number of hydrogen-bond donors (Lipinski definition) is 1. The van der Waals surface area contributed by atoms with Crippen LogP contribution in [0.2, 0.25) is 0 Å². The van der Waals surface area contributed by atoms with Crippen LogP contribution in [0.25, 0.3) is 6.08 Å². The second-order valence-electron chi connectivity index (χ2n) is 5.92. The van der Waals surface area contributed by atoms with Crippen molar-refractivity contribution in [2.75, 3.05) is 19.6 Å². The lowest BCUT2D eigenvalue weighted by Crippen LogP contribution is -2.33. The number of aromatic carboxylic acids is 1. The number of likely N-dealkylation sites (tertiary alicyclic amines) is 1. The van der Waals surface area contributed by atoms with E-state index in [2.05, 4.69) is 24.8 Å². The van der Waals surface area contributed by atoms with Crippen molar-refractivity contribution in [3.63, 3.8) is 0 Å². The zero-order valence-corrected chi connectivity index (χ0v) is 12.3. The van der Waals surface area contributed by atoms with Crippen molar-refractivity contribution in [2.45, 2.75) is 26.7 Å². The van der Waals surface area contributed by atoms with Gasteiger partial charge >= 0.3 is 5.97 Å². The fraction of sp³-hybridized carbons (Fsp3) is 0.471. The third-order valence-electron chi connectivity index (χ3n) is 3.65. The molecule has 3 nitrogen and oxygen atoms in total. The molecule has 1 aliphatic rings. The Morgan fingerprint density at radius 3 is 2.35 bits per heavy atom. The Bertz CT molecular complexity index is 478. The Hall–Kier alpha value is -1.61.